The van der Waals surface area contributed by atoms with Gasteiger partial charge in [-0.1, -0.05) is 0 Å². The molecule has 13 heavy (non-hydrogen) atoms. The molecule has 0 atom stereocenters. The Labute approximate surface area is 82.6 Å². The molecule has 0 unspecified atom stereocenters. The second kappa shape index (κ2) is 4.67. The lowest BCUT2D eigenvalue weighted by Gasteiger charge is -2.09. The SMILES string of the molecule is CN(C)c1ccc(C(=O)O)cn1.Cl. The molecule has 0 saturated heterocycles. The van der Waals surface area contributed by atoms with Crippen molar-refractivity contribution in [3.05, 3.63) is 23.9 Å². The number of carboxylic acids is 1. The summed E-state index contributed by atoms with van der Waals surface area (Å²) in [6, 6.07) is 3.20. The first-order valence-electron chi connectivity index (χ1n) is 3.48. The van der Waals surface area contributed by atoms with Gasteiger partial charge in [0.05, 0.1) is 5.56 Å². The van der Waals surface area contributed by atoms with Crippen LogP contribution in [0.3, 0.4) is 0 Å². The van der Waals surface area contributed by atoms with E-state index in [0.717, 1.165) is 5.82 Å². The van der Waals surface area contributed by atoms with E-state index in [9.17, 15) is 4.79 Å². The molecule has 0 aliphatic rings. The largest absolute Gasteiger partial charge is 0.478 e. The van der Waals surface area contributed by atoms with Crippen LogP contribution >= 0.6 is 12.4 Å². The minimum atomic E-state index is -0.951. The van der Waals surface area contributed by atoms with Crippen LogP contribution in [0.2, 0.25) is 0 Å². The third-order valence-electron chi connectivity index (χ3n) is 1.45. The van der Waals surface area contributed by atoms with Gasteiger partial charge in [0.1, 0.15) is 5.82 Å². The van der Waals surface area contributed by atoms with E-state index in [2.05, 4.69) is 4.98 Å². The summed E-state index contributed by atoms with van der Waals surface area (Å²) in [4.78, 5) is 16.2. The quantitative estimate of drug-likeness (QED) is 0.785. The molecule has 0 aromatic carbocycles. The molecule has 5 heteroatoms. The van der Waals surface area contributed by atoms with Gasteiger partial charge >= 0.3 is 5.97 Å². The fourth-order valence-corrected chi connectivity index (χ4v) is 0.777. The van der Waals surface area contributed by atoms with Crippen LogP contribution in [-0.4, -0.2) is 30.2 Å². The van der Waals surface area contributed by atoms with Gasteiger partial charge in [-0.3, -0.25) is 0 Å². The van der Waals surface area contributed by atoms with E-state index in [1.807, 2.05) is 19.0 Å². The van der Waals surface area contributed by atoms with Gasteiger partial charge < -0.3 is 10.0 Å². The van der Waals surface area contributed by atoms with E-state index in [-0.39, 0.29) is 18.0 Å². The van der Waals surface area contributed by atoms with Crippen molar-refractivity contribution in [1.29, 1.82) is 0 Å². The average molecular weight is 203 g/mol. The number of aromatic nitrogens is 1. The summed E-state index contributed by atoms with van der Waals surface area (Å²) in [6.45, 7) is 0. The highest BCUT2D eigenvalue weighted by Crippen LogP contribution is 2.07. The number of hydrogen-bond donors (Lipinski definition) is 1. The van der Waals surface area contributed by atoms with Gasteiger partial charge in [0, 0.05) is 20.3 Å². The van der Waals surface area contributed by atoms with Crippen molar-refractivity contribution in [1.82, 2.24) is 4.98 Å². The van der Waals surface area contributed by atoms with E-state index in [1.54, 1.807) is 6.07 Å². The predicted molar refractivity (Wildman–Crippen MR) is 52.8 cm³/mol. The molecule has 0 aliphatic carbocycles. The molecular formula is C8H11ClN2O2. The summed E-state index contributed by atoms with van der Waals surface area (Å²) < 4.78 is 0. The lowest BCUT2D eigenvalue weighted by Crippen LogP contribution is -2.10. The minimum absolute atomic E-state index is 0. The number of rotatable bonds is 2. The summed E-state index contributed by atoms with van der Waals surface area (Å²) >= 11 is 0. The molecule has 1 heterocycles. The fraction of sp³-hybridized carbons (Fsp3) is 0.250. The van der Waals surface area contributed by atoms with Crippen molar-refractivity contribution in [2.45, 2.75) is 0 Å². The van der Waals surface area contributed by atoms with Crippen molar-refractivity contribution in [2.75, 3.05) is 19.0 Å². The number of carboxylic acid groups (broad SMARTS) is 1. The first-order valence-corrected chi connectivity index (χ1v) is 3.48. The van der Waals surface area contributed by atoms with Crippen LogP contribution in [0.15, 0.2) is 18.3 Å². The summed E-state index contributed by atoms with van der Waals surface area (Å²) in [5.74, 6) is -0.201. The first kappa shape index (κ1) is 11.7. The van der Waals surface area contributed by atoms with E-state index >= 15 is 0 Å². The number of anilines is 1. The van der Waals surface area contributed by atoms with Gasteiger partial charge in [-0.2, -0.15) is 0 Å². The normalized spacial score (nSPS) is 8.77. The van der Waals surface area contributed by atoms with E-state index < -0.39 is 5.97 Å². The first-order chi connectivity index (χ1) is 5.61. The van der Waals surface area contributed by atoms with Crippen molar-refractivity contribution in [3.63, 3.8) is 0 Å². The number of carbonyl (C=O) groups is 1. The van der Waals surface area contributed by atoms with Crippen LogP contribution in [0.4, 0.5) is 5.82 Å². The van der Waals surface area contributed by atoms with E-state index in [0.29, 0.717) is 0 Å². The van der Waals surface area contributed by atoms with E-state index in [4.69, 9.17) is 5.11 Å². The number of nitrogens with zero attached hydrogens (tertiary/aromatic N) is 2. The molecule has 1 aromatic heterocycles. The Morgan fingerprint density at radius 3 is 2.38 bits per heavy atom. The average Bonchev–Trinajstić information content (AvgIpc) is 2.04. The Balaban J connectivity index is 0.00000144. The molecule has 72 valence electrons. The Hall–Kier alpha value is -1.29. The molecule has 0 fully saturated rings. The van der Waals surface area contributed by atoms with Crippen molar-refractivity contribution in [2.24, 2.45) is 0 Å². The molecule has 0 bridgehead atoms. The molecular weight excluding hydrogens is 192 g/mol. The highest BCUT2D eigenvalue weighted by molar-refractivity contribution is 5.87. The molecule has 0 amide bonds. The highest BCUT2D eigenvalue weighted by atomic mass is 35.5. The van der Waals surface area contributed by atoms with Crippen LogP contribution < -0.4 is 4.90 Å². The fourth-order valence-electron chi connectivity index (χ4n) is 0.777. The van der Waals surface area contributed by atoms with Crippen molar-refractivity contribution >= 4 is 24.2 Å². The Morgan fingerprint density at radius 1 is 1.46 bits per heavy atom. The smallest absolute Gasteiger partial charge is 0.337 e. The van der Waals surface area contributed by atoms with Gasteiger partial charge in [-0.15, -0.1) is 12.4 Å². The minimum Gasteiger partial charge on any atom is -0.478 e. The maximum atomic E-state index is 10.4. The number of halogens is 1. The topological polar surface area (TPSA) is 53.4 Å². The third-order valence-corrected chi connectivity index (χ3v) is 1.45. The standard InChI is InChI=1S/C8H10N2O2.ClH/c1-10(2)7-4-3-6(5-9-7)8(11)12;/h3-5H,1-2H3,(H,11,12);1H. The Kier molecular flexibility index (Phi) is 4.20. The van der Waals surface area contributed by atoms with Gasteiger partial charge in [0.25, 0.3) is 0 Å². The highest BCUT2D eigenvalue weighted by Gasteiger charge is 2.02. The molecule has 0 aliphatic heterocycles. The lowest BCUT2D eigenvalue weighted by atomic mass is 10.3. The van der Waals surface area contributed by atoms with Crippen molar-refractivity contribution < 1.29 is 9.90 Å². The zero-order chi connectivity index (χ0) is 9.14. The second-order valence-electron chi connectivity index (χ2n) is 2.60. The van der Waals surface area contributed by atoms with Gasteiger partial charge in [-0.05, 0) is 12.1 Å². The summed E-state index contributed by atoms with van der Waals surface area (Å²) in [6.07, 6.45) is 1.34. The van der Waals surface area contributed by atoms with Crippen LogP contribution in [-0.2, 0) is 0 Å². The zero-order valence-corrected chi connectivity index (χ0v) is 8.21. The molecule has 4 nitrogen and oxygen atoms in total. The summed E-state index contributed by atoms with van der Waals surface area (Å²) in [5.41, 5.74) is 0.209. The van der Waals surface area contributed by atoms with Crippen LogP contribution in [0, 0.1) is 0 Å². The Bertz CT molecular complexity index is 285. The third kappa shape index (κ3) is 2.91. The zero-order valence-electron chi connectivity index (χ0n) is 7.39. The molecule has 1 N–H and O–H groups in total. The monoisotopic (exact) mass is 202 g/mol. The molecule has 1 aromatic rings. The predicted octanol–water partition coefficient (Wildman–Crippen LogP) is 1.27. The molecule has 0 radical (unpaired) electrons. The van der Waals surface area contributed by atoms with Crippen LogP contribution in [0.1, 0.15) is 10.4 Å². The van der Waals surface area contributed by atoms with Gasteiger partial charge in [-0.25, -0.2) is 9.78 Å². The Morgan fingerprint density at radius 2 is 2.08 bits per heavy atom. The van der Waals surface area contributed by atoms with Crippen LogP contribution in [0.5, 0.6) is 0 Å². The molecule has 1 rings (SSSR count). The number of hydrogen-bond acceptors (Lipinski definition) is 3. The van der Waals surface area contributed by atoms with Crippen molar-refractivity contribution in [3.8, 4) is 0 Å². The summed E-state index contributed by atoms with van der Waals surface area (Å²) in [5, 5.41) is 8.56. The lowest BCUT2D eigenvalue weighted by molar-refractivity contribution is 0.0696. The van der Waals surface area contributed by atoms with E-state index in [1.165, 1.54) is 12.3 Å². The number of aromatic carboxylic acids is 1. The maximum absolute atomic E-state index is 10.4. The number of pyridine rings is 1. The van der Waals surface area contributed by atoms with Crippen LogP contribution in [0.25, 0.3) is 0 Å². The summed E-state index contributed by atoms with van der Waals surface area (Å²) in [7, 11) is 3.70. The molecule has 0 saturated carbocycles. The van der Waals surface area contributed by atoms with Gasteiger partial charge in [0.15, 0.2) is 0 Å². The molecule has 0 spiro atoms. The second-order valence-corrected chi connectivity index (χ2v) is 2.60. The maximum Gasteiger partial charge on any atom is 0.337 e. The van der Waals surface area contributed by atoms with Gasteiger partial charge in [0.2, 0.25) is 0 Å².